The summed E-state index contributed by atoms with van der Waals surface area (Å²) in [6, 6.07) is 23.9. The third-order valence-corrected chi connectivity index (χ3v) is 10.8. The second kappa shape index (κ2) is 15.7. The summed E-state index contributed by atoms with van der Waals surface area (Å²) in [7, 11) is 1.62. The molecule has 2 aliphatic rings. The van der Waals surface area contributed by atoms with Crippen molar-refractivity contribution in [2.24, 2.45) is 5.92 Å². The van der Waals surface area contributed by atoms with Gasteiger partial charge in [0, 0.05) is 55.4 Å². The normalized spacial score (nSPS) is 19.4. The lowest BCUT2D eigenvalue weighted by molar-refractivity contribution is -0.0326. The number of carbonyl (C=O) groups excluding carboxylic acids is 3. The van der Waals surface area contributed by atoms with Gasteiger partial charge in [0.1, 0.15) is 0 Å². The smallest absolute Gasteiger partial charge is 0.254 e. The molecule has 51 heavy (non-hydrogen) atoms. The summed E-state index contributed by atoms with van der Waals surface area (Å²) in [5.41, 5.74) is 5.45. The van der Waals surface area contributed by atoms with Gasteiger partial charge < -0.3 is 25.0 Å². The molecule has 0 radical (unpaired) electrons. The van der Waals surface area contributed by atoms with Gasteiger partial charge in [0.05, 0.1) is 19.3 Å². The van der Waals surface area contributed by atoms with Crippen molar-refractivity contribution in [3.05, 3.63) is 106 Å². The first-order valence-electron chi connectivity index (χ1n) is 18.4. The topological polar surface area (TPSA) is 97.0 Å². The number of nitrogens with one attached hydrogen (secondary N) is 2. The van der Waals surface area contributed by atoms with Gasteiger partial charge in [-0.15, -0.1) is 0 Å². The van der Waals surface area contributed by atoms with E-state index in [0.717, 1.165) is 19.3 Å². The molecule has 1 saturated carbocycles. The number of morpholine rings is 1. The zero-order chi connectivity index (χ0) is 37.0. The Morgan fingerprint density at radius 3 is 1.78 bits per heavy atom. The number of amides is 3. The van der Waals surface area contributed by atoms with Crippen molar-refractivity contribution < 1.29 is 23.9 Å². The van der Waals surface area contributed by atoms with Crippen molar-refractivity contribution in [2.75, 3.05) is 40.0 Å². The SMILES string of the molecule is COCCNC(=O)c1ccc(C(C)(C)CCC(C)(C)c2ccc(C(=O)NC3CC3C3CN(C(=O)c4ccc(C(C)(C)C)cc4)CCO3)cc2)cc1. The monoisotopic (exact) mass is 695 g/mol. The van der Waals surface area contributed by atoms with E-state index in [-0.39, 0.29) is 52.0 Å². The molecule has 0 bridgehead atoms. The predicted molar refractivity (Wildman–Crippen MR) is 203 cm³/mol. The van der Waals surface area contributed by atoms with E-state index in [0.29, 0.717) is 49.5 Å². The third-order valence-electron chi connectivity index (χ3n) is 10.8. The zero-order valence-corrected chi connectivity index (χ0v) is 31.8. The second-order valence-electron chi connectivity index (χ2n) is 16.6. The van der Waals surface area contributed by atoms with Gasteiger partial charge in [-0.2, -0.15) is 0 Å². The minimum Gasteiger partial charge on any atom is -0.383 e. The van der Waals surface area contributed by atoms with E-state index in [1.165, 1.54) is 16.7 Å². The minimum absolute atomic E-state index is 0.0331. The van der Waals surface area contributed by atoms with E-state index in [9.17, 15) is 14.4 Å². The lowest BCUT2D eigenvalue weighted by Gasteiger charge is -2.33. The van der Waals surface area contributed by atoms with Crippen LogP contribution in [-0.4, -0.2) is 74.7 Å². The fourth-order valence-corrected chi connectivity index (χ4v) is 6.89. The zero-order valence-electron chi connectivity index (χ0n) is 31.8. The molecule has 5 rings (SSSR count). The number of hydrogen-bond acceptors (Lipinski definition) is 5. The van der Waals surface area contributed by atoms with Gasteiger partial charge in [-0.3, -0.25) is 14.4 Å². The summed E-state index contributed by atoms with van der Waals surface area (Å²) in [6.07, 6.45) is 2.68. The van der Waals surface area contributed by atoms with Crippen LogP contribution in [0.1, 0.15) is 115 Å². The molecule has 8 heteroatoms. The minimum atomic E-state index is -0.0943. The fourth-order valence-electron chi connectivity index (χ4n) is 6.89. The fraction of sp³-hybridized carbons (Fsp3) is 0.512. The maximum absolute atomic E-state index is 13.3. The number of ether oxygens (including phenoxy) is 2. The maximum Gasteiger partial charge on any atom is 0.254 e. The van der Waals surface area contributed by atoms with Crippen LogP contribution in [0.2, 0.25) is 0 Å². The molecule has 3 aromatic rings. The number of benzene rings is 3. The van der Waals surface area contributed by atoms with E-state index in [4.69, 9.17) is 9.47 Å². The highest BCUT2D eigenvalue weighted by Gasteiger charge is 2.46. The van der Waals surface area contributed by atoms with Gasteiger partial charge in [0.2, 0.25) is 0 Å². The van der Waals surface area contributed by atoms with Crippen LogP contribution in [0.5, 0.6) is 0 Å². The predicted octanol–water partition coefficient (Wildman–Crippen LogP) is 7.06. The van der Waals surface area contributed by atoms with Crippen LogP contribution < -0.4 is 10.6 Å². The molecule has 2 fully saturated rings. The van der Waals surface area contributed by atoms with Crippen molar-refractivity contribution in [1.82, 2.24) is 15.5 Å². The number of carbonyl (C=O) groups is 3. The Hall–Kier alpha value is -4.01. The Kier molecular flexibility index (Phi) is 11.8. The van der Waals surface area contributed by atoms with Gasteiger partial charge in [-0.1, -0.05) is 84.9 Å². The summed E-state index contributed by atoms with van der Waals surface area (Å²) in [4.78, 5) is 40.8. The van der Waals surface area contributed by atoms with Crippen LogP contribution >= 0.6 is 0 Å². The molecule has 3 unspecified atom stereocenters. The van der Waals surface area contributed by atoms with Gasteiger partial charge in [0.25, 0.3) is 17.7 Å². The number of rotatable bonds is 13. The van der Waals surface area contributed by atoms with Crippen LogP contribution in [0.3, 0.4) is 0 Å². The van der Waals surface area contributed by atoms with Crippen LogP contribution in [0.25, 0.3) is 0 Å². The Morgan fingerprint density at radius 2 is 1.25 bits per heavy atom. The molecule has 274 valence electrons. The van der Waals surface area contributed by atoms with E-state index in [1.54, 1.807) is 7.11 Å². The number of nitrogens with zero attached hydrogens (tertiary/aromatic N) is 1. The Bertz CT molecular complexity index is 1660. The van der Waals surface area contributed by atoms with Crippen LogP contribution in [0.15, 0.2) is 72.8 Å². The molecule has 3 atom stereocenters. The Labute approximate surface area is 304 Å². The molecule has 3 amide bonds. The van der Waals surface area contributed by atoms with E-state index in [2.05, 4.69) is 83.4 Å². The Morgan fingerprint density at radius 1 is 0.745 bits per heavy atom. The molecule has 3 aromatic carbocycles. The second-order valence-corrected chi connectivity index (χ2v) is 16.6. The number of methoxy groups -OCH3 is 1. The lowest BCUT2D eigenvalue weighted by Crippen LogP contribution is -2.47. The average molecular weight is 696 g/mol. The van der Waals surface area contributed by atoms with Crippen LogP contribution in [0.4, 0.5) is 0 Å². The molecule has 8 nitrogen and oxygen atoms in total. The molecular weight excluding hydrogens is 638 g/mol. The summed E-state index contributed by atoms with van der Waals surface area (Å²) in [6.45, 7) is 18.1. The van der Waals surface area contributed by atoms with Crippen molar-refractivity contribution >= 4 is 17.7 Å². The lowest BCUT2D eigenvalue weighted by atomic mass is 9.72. The maximum atomic E-state index is 13.3. The summed E-state index contributed by atoms with van der Waals surface area (Å²) < 4.78 is 11.1. The van der Waals surface area contributed by atoms with Crippen LogP contribution in [-0.2, 0) is 25.7 Å². The molecule has 0 spiro atoms. The molecule has 0 aromatic heterocycles. The van der Waals surface area contributed by atoms with Gasteiger partial charge in [-0.25, -0.2) is 0 Å². The van der Waals surface area contributed by atoms with Crippen molar-refractivity contribution in [3.8, 4) is 0 Å². The van der Waals surface area contributed by atoms with E-state index >= 15 is 0 Å². The highest BCUT2D eigenvalue weighted by atomic mass is 16.5. The highest BCUT2D eigenvalue weighted by molar-refractivity contribution is 5.95. The summed E-state index contributed by atoms with van der Waals surface area (Å²) in [5.74, 6) is 0.0593. The van der Waals surface area contributed by atoms with Gasteiger partial charge in [-0.05, 0) is 88.6 Å². The molecular formula is C43H57N3O5. The number of hydrogen-bond donors (Lipinski definition) is 2. The largest absolute Gasteiger partial charge is 0.383 e. The first-order valence-corrected chi connectivity index (χ1v) is 18.4. The van der Waals surface area contributed by atoms with E-state index in [1.807, 2.05) is 53.4 Å². The Balaban J connectivity index is 1.10. The molecule has 1 saturated heterocycles. The highest BCUT2D eigenvalue weighted by Crippen LogP contribution is 2.38. The van der Waals surface area contributed by atoms with Crippen molar-refractivity contribution in [3.63, 3.8) is 0 Å². The molecule has 1 aliphatic carbocycles. The van der Waals surface area contributed by atoms with Crippen molar-refractivity contribution in [1.29, 1.82) is 0 Å². The first-order chi connectivity index (χ1) is 24.1. The molecule has 1 heterocycles. The average Bonchev–Trinajstić information content (AvgIpc) is 3.89. The van der Waals surface area contributed by atoms with Crippen LogP contribution in [0, 0.1) is 5.92 Å². The van der Waals surface area contributed by atoms with Gasteiger partial charge in [0.15, 0.2) is 0 Å². The third kappa shape index (κ3) is 9.66. The first kappa shape index (κ1) is 38.2. The summed E-state index contributed by atoms with van der Waals surface area (Å²) in [5, 5.41) is 6.07. The van der Waals surface area contributed by atoms with E-state index < -0.39 is 0 Å². The summed E-state index contributed by atoms with van der Waals surface area (Å²) >= 11 is 0. The molecule has 2 N–H and O–H groups in total. The molecule has 1 aliphatic heterocycles. The van der Waals surface area contributed by atoms with Gasteiger partial charge >= 0.3 is 0 Å². The standard InChI is InChI=1S/C43H57N3O5/c1-41(2,3)32-15-13-31(14-16-32)40(49)46-24-26-51-37(28-46)35-27-36(35)45-39(48)30-11-19-34(20-12-30)43(6,7)22-21-42(4,5)33-17-9-29(10-18-33)38(47)44-23-25-50-8/h9-20,35-37H,21-28H2,1-8H3,(H,44,47)(H,45,48). The quantitative estimate of drug-likeness (QED) is 0.187. The van der Waals surface area contributed by atoms with Crippen molar-refractivity contribution in [2.45, 2.75) is 96.1 Å².